The summed E-state index contributed by atoms with van der Waals surface area (Å²) in [5.41, 5.74) is 0. The molecule has 2 heteroatoms. The highest BCUT2D eigenvalue weighted by Gasteiger charge is 2.07. The third-order valence-corrected chi connectivity index (χ3v) is 1.60. The number of rotatable bonds is 0. The molecule has 0 fully saturated rings. The highest BCUT2D eigenvalue weighted by atomic mass is 15.1. The molecule has 1 aromatic heterocycles. The summed E-state index contributed by atoms with van der Waals surface area (Å²) in [4.78, 5) is 4.16. The second-order valence-electron chi connectivity index (χ2n) is 2.14. The van der Waals surface area contributed by atoms with Gasteiger partial charge in [0.05, 0.1) is 0 Å². The zero-order chi connectivity index (χ0) is 7.40. The lowest BCUT2D eigenvalue weighted by molar-refractivity contribution is 0.750. The summed E-state index contributed by atoms with van der Waals surface area (Å²) in [5.74, 6) is 1.25. The number of aromatic nitrogens is 2. The molecule has 2 heterocycles. The van der Waals surface area contributed by atoms with Crippen molar-refractivity contribution in [2.75, 3.05) is 0 Å². The maximum Gasteiger partial charge on any atom is 0.108 e. The van der Waals surface area contributed by atoms with Crippen LogP contribution in [0.25, 0.3) is 0 Å². The maximum absolute atomic E-state index is 4.16. The Bertz CT molecular complexity index is 172. The van der Waals surface area contributed by atoms with Gasteiger partial charge in [-0.2, -0.15) is 0 Å². The molecule has 1 aliphatic heterocycles. The second kappa shape index (κ2) is 3.40. The molecule has 0 aromatic carbocycles. The largest absolute Gasteiger partial charge is 0.335 e. The Morgan fingerprint density at radius 2 is 2.30 bits per heavy atom. The SMILES string of the molecule is CC.c1cn2c(n1)CCC2. The van der Waals surface area contributed by atoms with Gasteiger partial charge in [-0.25, -0.2) is 4.98 Å². The fraction of sp³-hybridized carbons (Fsp3) is 0.625. The summed E-state index contributed by atoms with van der Waals surface area (Å²) in [6.07, 6.45) is 6.37. The molecule has 0 unspecified atom stereocenters. The molecule has 56 valence electrons. The van der Waals surface area contributed by atoms with E-state index in [-0.39, 0.29) is 0 Å². The molecule has 0 bridgehead atoms. The van der Waals surface area contributed by atoms with Crippen LogP contribution in [-0.4, -0.2) is 9.55 Å². The molecule has 0 amide bonds. The molecule has 1 aromatic rings. The average molecular weight is 138 g/mol. The van der Waals surface area contributed by atoms with Gasteiger partial charge in [0.25, 0.3) is 0 Å². The number of imidazole rings is 1. The third-order valence-electron chi connectivity index (χ3n) is 1.60. The van der Waals surface area contributed by atoms with E-state index < -0.39 is 0 Å². The fourth-order valence-corrected chi connectivity index (χ4v) is 1.18. The van der Waals surface area contributed by atoms with E-state index in [0.717, 1.165) is 0 Å². The van der Waals surface area contributed by atoms with Crippen LogP contribution in [0.5, 0.6) is 0 Å². The first kappa shape index (κ1) is 7.32. The lowest BCUT2D eigenvalue weighted by Gasteiger charge is -1.88. The van der Waals surface area contributed by atoms with Gasteiger partial charge in [0.1, 0.15) is 5.82 Å². The van der Waals surface area contributed by atoms with Crippen molar-refractivity contribution >= 4 is 0 Å². The molecule has 0 aliphatic carbocycles. The number of hydrogen-bond acceptors (Lipinski definition) is 1. The Balaban J connectivity index is 0.000000231. The minimum absolute atomic E-state index is 1.17. The van der Waals surface area contributed by atoms with Crippen molar-refractivity contribution in [3.63, 3.8) is 0 Å². The van der Waals surface area contributed by atoms with Gasteiger partial charge in [0, 0.05) is 25.4 Å². The van der Waals surface area contributed by atoms with E-state index in [9.17, 15) is 0 Å². The lowest BCUT2D eigenvalue weighted by Crippen LogP contribution is -1.87. The van der Waals surface area contributed by atoms with Crippen LogP contribution in [0.4, 0.5) is 0 Å². The molecule has 0 saturated heterocycles. The predicted octanol–water partition coefficient (Wildman–Crippen LogP) is 1.86. The van der Waals surface area contributed by atoms with E-state index in [2.05, 4.69) is 9.55 Å². The molecule has 1 aliphatic rings. The van der Waals surface area contributed by atoms with Crippen LogP contribution >= 0.6 is 0 Å². The van der Waals surface area contributed by atoms with Gasteiger partial charge in [-0.15, -0.1) is 0 Å². The summed E-state index contributed by atoms with van der Waals surface area (Å²) < 4.78 is 2.21. The van der Waals surface area contributed by atoms with Crippen molar-refractivity contribution in [2.45, 2.75) is 33.2 Å². The van der Waals surface area contributed by atoms with Gasteiger partial charge >= 0.3 is 0 Å². The van der Waals surface area contributed by atoms with Crippen molar-refractivity contribution < 1.29 is 0 Å². The normalized spacial score (nSPS) is 13.8. The third kappa shape index (κ3) is 1.20. The summed E-state index contributed by atoms with van der Waals surface area (Å²) >= 11 is 0. The lowest BCUT2D eigenvalue weighted by atomic mass is 10.4. The maximum atomic E-state index is 4.16. The van der Waals surface area contributed by atoms with E-state index in [1.54, 1.807) is 0 Å². The van der Waals surface area contributed by atoms with Crippen LogP contribution in [0.3, 0.4) is 0 Å². The quantitative estimate of drug-likeness (QED) is 0.535. The van der Waals surface area contributed by atoms with Crippen molar-refractivity contribution in [1.29, 1.82) is 0 Å². The van der Waals surface area contributed by atoms with Crippen molar-refractivity contribution in [3.8, 4) is 0 Å². The first-order valence-corrected chi connectivity index (χ1v) is 3.97. The van der Waals surface area contributed by atoms with Gasteiger partial charge in [0.2, 0.25) is 0 Å². The monoisotopic (exact) mass is 138 g/mol. The van der Waals surface area contributed by atoms with Gasteiger partial charge < -0.3 is 4.57 Å². The first-order valence-electron chi connectivity index (χ1n) is 3.97. The van der Waals surface area contributed by atoms with Crippen LogP contribution in [0, 0.1) is 0 Å². The van der Waals surface area contributed by atoms with Gasteiger partial charge in [-0.3, -0.25) is 0 Å². The highest BCUT2D eigenvalue weighted by Crippen LogP contribution is 2.10. The minimum Gasteiger partial charge on any atom is -0.335 e. The molecule has 0 saturated carbocycles. The van der Waals surface area contributed by atoms with Crippen molar-refractivity contribution in [1.82, 2.24) is 9.55 Å². The zero-order valence-corrected chi connectivity index (χ0v) is 6.67. The molecule has 0 atom stereocenters. The molecular formula is C8H14N2. The number of aryl methyl sites for hydroxylation is 2. The zero-order valence-electron chi connectivity index (χ0n) is 6.67. The van der Waals surface area contributed by atoms with Crippen LogP contribution in [0.2, 0.25) is 0 Å². The van der Waals surface area contributed by atoms with Crippen LogP contribution in [0.15, 0.2) is 12.4 Å². The average Bonchev–Trinajstić information content (AvgIpc) is 2.49. The minimum atomic E-state index is 1.17. The number of hydrogen-bond donors (Lipinski definition) is 0. The Labute approximate surface area is 61.9 Å². The second-order valence-corrected chi connectivity index (χ2v) is 2.14. The topological polar surface area (TPSA) is 17.8 Å². The molecule has 2 rings (SSSR count). The fourth-order valence-electron chi connectivity index (χ4n) is 1.18. The number of fused-ring (bicyclic) bond motifs is 1. The standard InChI is InChI=1S/C6H8N2.C2H6/c1-2-6-7-3-5-8(6)4-1;1-2/h3,5H,1-2,4H2;1-2H3. The van der Waals surface area contributed by atoms with Crippen molar-refractivity contribution in [2.24, 2.45) is 0 Å². The molecule has 0 spiro atoms. The van der Waals surface area contributed by atoms with E-state index in [1.165, 1.54) is 25.2 Å². The van der Waals surface area contributed by atoms with Crippen LogP contribution in [0.1, 0.15) is 26.1 Å². The smallest absolute Gasteiger partial charge is 0.108 e. The Hall–Kier alpha value is -0.790. The summed E-state index contributed by atoms with van der Waals surface area (Å²) in [7, 11) is 0. The van der Waals surface area contributed by atoms with Gasteiger partial charge in [-0.05, 0) is 6.42 Å². The van der Waals surface area contributed by atoms with E-state index >= 15 is 0 Å². The Morgan fingerprint density at radius 1 is 1.50 bits per heavy atom. The molecule has 2 nitrogen and oxygen atoms in total. The Kier molecular flexibility index (Phi) is 2.49. The first-order chi connectivity index (χ1) is 4.97. The summed E-state index contributed by atoms with van der Waals surface area (Å²) in [5, 5.41) is 0. The summed E-state index contributed by atoms with van der Waals surface area (Å²) in [6, 6.07) is 0. The van der Waals surface area contributed by atoms with Crippen LogP contribution in [-0.2, 0) is 13.0 Å². The molecular weight excluding hydrogens is 124 g/mol. The molecule has 10 heavy (non-hydrogen) atoms. The van der Waals surface area contributed by atoms with E-state index in [1.807, 2.05) is 26.2 Å². The molecule has 0 N–H and O–H groups in total. The number of nitrogens with zero attached hydrogens (tertiary/aromatic N) is 2. The van der Waals surface area contributed by atoms with Gasteiger partial charge in [0.15, 0.2) is 0 Å². The summed E-state index contributed by atoms with van der Waals surface area (Å²) in [6.45, 7) is 5.18. The van der Waals surface area contributed by atoms with Crippen LogP contribution < -0.4 is 0 Å². The van der Waals surface area contributed by atoms with Gasteiger partial charge in [-0.1, -0.05) is 13.8 Å². The highest BCUT2D eigenvalue weighted by molar-refractivity contribution is 4.96. The van der Waals surface area contributed by atoms with Crippen molar-refractivity contribution in [3.05, 3.63) is 18.2 Å². The van der Waals surface area contributed by atoms with E-state index in [0.29, 0.717) is 0 Å². The van der Waals surface area contributed by atoms with E-state index in [4.69, 9.17) is 0 Å². The molecule has 0 radical (unpaired) electrons. The predicted molar refractivity (Wildman–Crippen MR) is 41.9 cm³/mol. The Morgan fingerprint density at radius 3 is 3.00 bits per heavy atom.